The lowest BCUT2D eigenvalue weighted by Crippen LogP contribution is -2.41. The summed E-state index contributed by atoms with van der Waals surface area (Å²) in [7, 11) is -0.531. The highest BCUT2D eigenvalue weighted by Gasteiger charge is 2.51. The molecule has 0 amide bonds. The second-order valence-corrected chi connectivity index (χ2v) is 7.88. The van der Waals surface area contributed by atoms with Crippen molar-refractivity contribution >= 4 is 18.3 Å². The molecule has 1 fully saturated rings. The number of hydrogen-bond acceptors (Lipinski definition) is 3. The van der Waals surface area contributed by atoms with Crippen molar-refractivity contribution in [3.8, 4) is 0 Å². The summed E-state index contributed by atoms with van der Waals surface area (Å²) < 4.78 is 26.2. The van der Waals surface area contributed by atoms with Crippen LogP contribution in [0.25, 0.3) is 0 Å². The molecular weight excluding hydrogens is 328 g/mol. The van der Waals surface area contributed by atoms with E-state index in [9.17, 15) is 4.39 Å². The molecule has 0 bridgehead atoms. The highest BCUT2D eigenvalue weighted by molar-refractivity contribution is 6.62. The van der Waals surface area contributed by atoms with Crippen LogP contribution in [0.4, 0.5) is 10.1 Å². The van der Waals surface area contributed by atoms with E-state index in [0.29, 0.717) is 0 Å². The first-order valence-corrected chi connectivity index (χ1v) is 9.21. The van der Waals surface area contributed by atoms with Gasteiger partial charge in [-0.1, -0.05) is 24.3 Å². The fraction of sp³-hybridized carbons (Fsp3) is 0.429. The summed E-state index contributed by atoms with van der Waals surface area (Å²) in [6.45, 7) is 8.85. The zero-order chi connectivity index (χ0) is 18.8. The summed E-state index contributed by atoms with van der Waals surface area (Å²) in [4.78, 5) is 0. The van der Waals surface area contributed by atoms with Crippen LogP contribution in [0.2, 0.25) is 0 Å². The van der Waals surface area contributed by atoms with Crippen molar-refractivity contribution in [3.63, 3.8) is 0 Å². The van der Waals surface area contributed by atoms with E-state index in [1.165, 1.54) is 6.07 Å². The van der Waals surface area contributed by atoms with Crippen LogP contribution < -0.4 is 10.8 Å². The van der Waals surface area contributed by atoms with Crippen molar-refractivity contribution in [3.05, 3.63) is 59.9 Å². The molecule has 1 heterocycles. The minimum atomic E-state index is -0.531. The molecule has 1 N–H and O–H groups in total. The Morgan fingerprint density at radius 1 is 0.962 bits per heavy atom. The van der Waals surface area contributed by atoms with Gasteiger partial charge in [-0.3, -0.25) is 0 Å². The molecule has 0 aliphatic carbocycles. The van der Waals surface area contributed by atoms with Gasteiger partial charge in [-0.25, -0.2) is 4.39 Å². The molecule has 2 aromatic rings. The average Bonchev–Trinajstić information content (AvgIpc) is 2.80. The molecule has 1 aliphatic rings. The molecule has 0 saturated carbocycles. The van der Waals surface area contributed by atoms with Gasteiger partial charge in [-0.15, -0.1) is 0 Å². The molecular formula is C21H27BFNO2. The summed E-state index contributed by atoms with van der Waals surface area (Å²) in [5, 5.41) is 3.38. The molecule has 1 saturated heterocycles. The Balaban J connectivity index is 1.61. The van der Waals surface area contributed by atoms with Crippen molar-refractivity contribution in [2.24, 2.45) is 0 Å². The van der Waals surface area contributed by atoms with Gasteiger partial charge < -0.3 is 14.6 Å². The third kappa shape index (κ3) is 4.28. The quantitative estimate of drug-likeness (QED) is 0.623. The molecule has 0 spiro atoms. The molecule has 138 valence electrons. The number of hydrogen-bond donors (Lipinski definition) is 1. The summed E-state index contributed by atoms with van der Waals surface area (Å²) in [6, 6.07) is 15.2. The lowest BCUT2D eigenvalue weighted by atomic mass is 9.78. The Bertz CT molecular complexity index is 733. The van der Waals surface area contributed by atoms with E-state index in [1.807, 2.05) is 64.1 Å². The van der Waals surface area contributed by atoms with Crippen molar-refractivity contribution in [1.82, 2.24) is 0 Å². The van der Waals surface area contributed by atoms with Gasteiger partial charge >= 0.3 is 7.12 Å². The van der Waals surface area contributed by atoms with E-state index in [-0.39, 0.29) is 5.82 Å². The number of anilines is 1. The molecule has 3 rings (SSSR count). The predicted octanol–water partition coefficient (Wildman–Crippen LogP) is 4.17. The third-order valence-corrected chi connectivity index (χ3v) is 5.25. The van der Waals surface area contributed by atoms with Gasteiger partial charge in [0, 0.05) is 12.2 Å². The van der Waals surface area contributed by atoms with Crippen LogP contribution in [0, 0.1) is 5.82 Å². The molecule has 0 unspecified atom stereocenters. The zero-order valence-electron chi connectivity index (χ0n) is 16.0. The standard InChI is InChI=1S/C21H27BFNO2/c1-20(2)21(3,4)26-22(25-20)17-13-16(14-18(23)15-17)9-8-12-24-19-10-6-5-7-11-19/h5-7,10-11,13-15,24H,8-9,12H2,1-4H3. The second kappa shape index (κ2) is 7.41. The van der Waals surface area contributed by atoms with Crippen LogP contribution in [0.5, 0.6) is 0 Å². The molecule has 5 heteroatoms. The molecule has 0 aromatic heterocycles. The molecule has 0 radical (unpaired) electrons. The van der Waals surface area contributed by atoms with Crippen molar-refractivity contribution in [2.45, 2.75) is 51.7 Å². The highest BCUT2D eigenvalue weighted by Crippen LogP contribution is 2.36. The Morgan fingerprint density at radius 2 is 1.62 bits per heavy atom. The van der Waals surface area contributed by atoms with Crippen molar-refractivity contribution in [1.29, 1.82) is 0 Å². The van der Waals surface area contributed by atoms with Gasteiger partial charge in [-0.2, -0.15) is 0 Å². The smallest absolute Gasteiger partial charge is 0.399 e. The third-order valence-electron chi connectivity index (χ3n) is 5.25. The van der Waals surface area contributed by atoms with E-state index in [1.54, 1.807) is 6.07 Å². The lowest BCUT2D eigenvalue weighted by Gasteiger charge is -2.32. The second-order valence-electron chi connectivity index (χ2n) is 7.88. The average molecular weight is 355 g/mol. The summed E-state index contributed by atoms with van der Waals surface area (Å²) >= 11 is 0. The van der Waals surface area contributed by atoms with E-state index < -0.39 is 18.3 Å². The first-order valence-electron chi connectivity index (χ1n) is 9.21. The van der Waals surface area contributed by atoms with Crippen LogP contribution in [-0.4, -0.2) is 24.9 Å². The number of halogens is 1. The topological polar surface area (TPSA) is 30.5 Å². The Hall–Kier alpha value is -1.85. The largest absolute Gasteiger partial charge is 0.494 e. The normalized spacial score (nSPS) is 18.1. The fourth-order valence-corrected chi connectivity index (χ4v) is 3.02. The van der Waals surface area contributed by atoms with Crippen LogP contribution in [-0.2, 0) is 15.7 Å². The number of aryl methyl sites for hydroxylation is 1. The van der Waals surface area contributed by atoms with E-state index in [4.69, 9.17) is 9.31 Å². The van der Waals surface area contributed by atoms with Gasteiger partial charge in [0.15, 0.2) is 0 Å². The predicted molar refractivity (Wildman–Crippen MR) is 105 cm³/mol. The van der Waals surface area contributed by atoms with E-state index in [2.05, 4.69) is 5.32 Å². The summed E-state index contributed by atoms with van der Waals surface area (Å²) in [5.41, 5.74) is 1.96. The van der Waals surface area contributed by atoms with Crippen LogP contribution >= 0.6 is 0 Å². The van der Waals surface area contributed by atoms with Gasteiger partial charge in [0.2, 0.25) is 0 Å². The Labute approximate surface area is 156 Å². The summed E-state index contributed by atoms with van der Waals surface area (Å²) in [6.07, 6.45) is 1.71. The molecule has 0 atom stereocenters. The van der Waals surface area contributed by atoms with Gasteiger partial charge in [0.1, 0.15) is 5.82 Å². The molecule has 3 nitrogen and oxygen atoms in total. The van der Waals surface area contributed by atoms with E-state index >= 15 is 0 Å². The van der Waals surface area contributed by atoms with Gasteiger partial charge in [0.05, 0.1) is 11.2 Å². The monoisotopic (exact) mass is 355 g/mol. The Kier molecular flexibility index (Phi) is 5.40. The first-order chi connectivity index (χ1) is 12.3. The van der Waals surface area contributed by atoms with Gasteiger partial charge in [-0.05, 0) is 75.8 Å². The van der Waals surface area contributed by atoms with Gasteiger partial charge in [0.25, 0.3) is 0 Å². The lowest BCUT2D eigenvalue weighted by molar-refractivity contribution is 0.00578. The number of benzene rings is 2. The highest BCUT2D eigenvalue weighted by atomic mass is 19.1. The van der Waals surface area contributed by atoms with E-state index in [0.717, 1.165) is 36.1 Å². The summed E-state index contributed by atoms with van der Waals surface area (Å²) in [5.74, 6) is -0.247. The van der Waals surface area contributed by atoms with Crippen molar-refractivity contribution in [2.75, 3.05) is 11.9 Å². The maximum Gasteiger partial charge on any atom is 0.494 e. The molecule has 2 aromatic carbocycles. The number of nitrogens with one attached hydrogen (secondary N) is 1. The minimum absolute atomic E-state index is 0.247. The molecule has 26 heavy (non-hydrogen) atoms. The molecule has 1 aliphatic heterocycles. The number of para-hydroxylation sites is 1. The number of rotatable bonds is 6. The van der Waals surface area contributed by atoms with Crippen molar-refractivity contribution < 1.29 is 13.7 Å². The Morgan fingerprint density at radius 3 is 2.27 bits per heavy atom. The zero-order valence-corrected chi connectivity index (χ0v) is 16.0. The SMILES string of the molecule is CC1(C)OB(c2cc(F)cc(CCCNc3ccccc3)c2)OC1(C)C. The fourth-order valence-electron chi connectivity index (χ4n) is 3.02. The minimum Gasteiger partial charge on any atom is -0.399 e. The first kappa shape index (κ1) is 18.9. The van der Waals surface area contributed by atoms with Crippen LogP contribution in [0.1, 0.15) is 39.7 Å². The maximum atomic E-state index is 14.1. The van der Waals surface area contributed by atoms with Crippen LogP contribution in [0.3, 0.4) is 0 Å². The van der Waals surface area contributed by atoms with Crippen LogP contribution in [0.15, 0.2) is 48.5 Å². The maximum absolute atomic E-state index is 14.1.